The van der Waals surface area contributed by atoms with Crippen LogP contribution in [0.1, 0.15) is 40.5 Å². The van der Waals surface area contributed by atoms with Gasteiger partial charge in [-0.05, 0) is 32.1 Å². The second-order valence-electron chi connectivity index (χ2n) is 4.48. The van der Waals surface area contributed by atoms with E-state index in [4.69, 9.17) is 4.74 Å². The molecule has 0 aliphatic heterocycles. The van der Waals surface area contributed by atoms with Gasteiger partial charge in [-0.1, -0.05) is 29.8 Å². The molecule has 0 unspecified atom stereocenters. The molecule has 0 aromatic heterocycles. The van der Waals surface area contributed by atoms with Crippen molar-refractivity contribution < 1.29 is 9.53 Å². The van der Waals surface area contributed by atoms with Crippen LogP contribution in [0.3, 0.4) is 0 Å². The highest BCUT2D eigenvalue weighted by Crippen LogP contribution is 2.27. The topological polar surface area (TPSA) is 38.3 Å². The molecule has 0 spiro atoms. The molecule has 0 atom stereocenters. The van der Waals surface area contributed by atoms with Crippen LogP contribution in [-0.2, 0) is 9.53 Å². The van der Waals surface area contributed by atoms with Crippen LogP contribution in [0.15, 0.2) is 0 Å². The lowest BCUT2D eigenvalue weighted by molar-refractivity contribution is -0.127. The van der Waals surface area contributed by atoms with Gasteiger partial charge >= 0.3 is 0 Å². The van der Waals surface area contributed by atoms with Crippen molar-refractivity contribution in [3.8, 4) is 0 Å². The van der Waals surface area contributed by atoms with E-state index in [0.717, 1.165) is 18.2 Å². The SMILES string of the molecule is CCC(CC)(CBr)CNC(=O)COC(C)C. The molecular weight excluding hydrogens is 270 g/mol. The maximum atomic E-state index is 11.5. The van der Waals surface area contributed by atoms with Gasteiger partial charge in [0, 0.05) is 11.9 Å². The van der Waals surface area contributed by atoms with Crippen LogP contribution in [0.2, 0.25) is 0 Å². The Morgan fingerprint density at radius 3 is 2.31 bits per heavy atom. The number of amides is 1. The first kappa shape index (κ1) is 15.9. The van der Waals surface area contributed by atoms with Crippen molar-refractivity contribution in [3.63, 3.8) is 0 Å². The summed E-state index contributed by atoms with van der Waals surface area (Å²) in [7, 11) is 0. The van der Waals surface area contributed by atoms with Gasteiger partial charge in [0.25, 0.3) is 0 Å². The zero-order valence-electron chi connectivity index (χ0n) is 10.8. The normalized spacial score (nSPS) is 11.9. The van der Waals surface area contributed by atoms with Crippen molar-refractivity contribution in [2.75, 3.05) is 18.5 Å². The highest BCUT2D eigenvalue weighted by atomic mass is 79.9. The molecule has 4 heteroatoms. The second kappa shape index (κ2) is 8.07. The monoisotopic (exact) mass is 293 g/mol. The lowest BCUT2D eigenvalue weighted by atomic mass is 9.84. The average molecular weight is 294 g/mol. The van der Waals surface area contributed by atoms with Gasteiger partial charge in [-0.25, -0.2) is 0 Å². The number of ether oxygens (including phenoxy) is 1. The zero-order chi connectivity index (χ0) is 12.6. The van der Waals surface area contributed by atoms with Gasteiger partial charge in [-0.15, -0.1) is 0 Å². The minimum Gasteiger partial charge on any atom is -0.369 e. The standard InChI is InChI=1S/C12H24BrNO2/c1-5-12(6-2,8-13)9-14-11(15)7-16-10(3)4/h10H,5-9H2,1-4H3,(H,14,15). The van der Waals surface area contributed by atoms with Gasteiger partial charge in [0.05, 0.1) is 6.10 Å². The molecule has 1 N–H and O–H groups in total. The predicted molar refractivity (Wildman–Crippen MR) is 70.9 cm³/mol. The first-order valence-electron chi connectivity index (χ1n) is 5.94. The third-order valence-electron chi connectivity index (χ3n) is 2.99. The van der Waals surface area contributed by atoms with Crippen LogP contribution in [0.4, 0.5) is 0 Å². The van der Waals surface area contributed by atoms with E-state index >= 15 is 0 Å². The van der Waals surface area contributed by atoms with Gasteiger partial charge in [0.15, 0.2) is 0 Å². The van der Waals surface area contributed by atoms with Gasteiger partial charge in [0.2, 0.25) is 5.91 Å². The number of alkyl halides is 1. The molecule has 0 saturated carbocycles. The summed E-state index contributed by atoms with van der Waals surface area (Å²) in [6, 6.07) is 0. The van der Waals surface area contributed by atoms with Gasteiger partial charge in [-0.2, -0.15) is 0 Å². The molecule has 16 heavy (non-hydrogen) atoms. The molecule has 0 radical (unpaired) electrons. The van der Waals surface area contributed by atoms with Gasteiger partial charge in [-0.3, -0.25) is 4.79 Å². The van der Waals surface area contributed by atoms with E-state index in [1.54, 1.807) is 0 Å². The minimum absolute atomic E-state index is 0.0269. The molecule has 0 rings (SSSR count). The van der Waals surface area contributed by atoms with Crippen LogP contribution in [0, 0.1) is 5.41 Å². The fourth-order valence-electron chi connectivity index (χ4n) is 1.32. The summed E-state index contributed by atoms with van der Waals surface area (Å²) in [4.78, 5) is 11.5. The third kappa shape index (κ3) is 5.85. The molecule has 0 saturated heterocycles. The molecule has 0 aromatic carbocycles. The van der Waals surface area contributed by atoms with Gasteiger partial charge in [0.1, 0.15) is 6.61 Å². The largest absolute Gasteiger partial charge is 0.369 e. The lowest BCUT2D eigenvalue weighted by Crippen LogP contribution is -2.39. The molecular formula is C12H24BrNO2. The number of hydrogen-bond acceptors (Lipinski definition) is 2. The van der Waals surface area contributed by atoms with E-state index in [9.17, 15) is 4.79 Å². The summed E-state index contributed by atoms with van der Waals surface area (Å²) >= 11 is 3.52. The van der Waals surface area contributed by atoms with Crippen molar-refractivity contribution in [3.05, 3.63) is 0 Å². The van der Waals surface area contributed by atoms with E-state index in [1.165, 1.54) is 0 Å². The summed E-state index contributed by atoms with van der Waals surface area (Å²) in [6.45, 7) is 9.03. The molecule has 0 fully saturated rings. The van der Waals surface area contributed by atoms with Crippen LogP contribution < -0.4 is 5.32 Å². The molecule has 0 aromatic rings. The van der Waals surface area contributed by atoms with E-state index in [-0.39, 0.29) is 24.0 Å². The highest BCUT2D eigenvalue weighted by Gasteiger charge is 2.25. The van der Waals surface area contributed by atoms with E-state index in [2.05, 4.69) is 35.1 Å². The number of nitrogens with one attached hydrogen (secondary N) is 1. The van der Waals surface area contributed by atoms with Crippen LogP contribution in [0.5, 0.6) is 0 Å². The molecule has 0 aliphatic rings. The summed E-state index contributed by atoms with van der Waals surface area (Å²) < 4.78 is 5.25. The van der Waals surface area contributed by atoms with E-state index in [1.807, 2.05) is 13.8 Å². The Labute approximate surface area is 107 Å². The molecule has 0 aliphatic carbocycles. The van der Waals surface area contributed by atoms with Crippen LogP contribution in [0.25, 0.3) is 0 Å². The average Bonchev–Trinajstić information content (AvgIpc) is 2.29. The Bertz CT molecular complexity index is 195. The second-order valence-corrected chi connectivity index (χ2v) is 5.04. The summed E-state index contributed by atoms with van der Waals surface area (Å²) in [5, 5.41) is 3.85. The van der Waals surface area contributed by atoms with E-state index < -0.39 is 0 Å². The predicted octanol–water partition coefficient (Wildman–Crippen LogP) is 2.73. The first-order valence-corrected chi connectivity index (χ1v) is 7.06. The number of halogens is 1. The van der Waals surface area contributed by atoms with Crippen molar-refractivity contribution in [2.45, 2.75) is 46.6 Å². The first-order chi connectivity index (χ1) is 7.49. The molecule has 1 amide bonds. The smallest absolute Gasteiger partial charge is 0.246 e. The Kier molecular flexibility index (Phi) is 8.02. The fraction of sp³-hybridized carbons (Fsp3) is 0.917. The van der Waals surface area contributed by atoms with Crippen molar-refractivity contribution in [1.82, 2.24) is 5.32 Å². The number of carbonyl (C=O) groups excluding carboxylic acids is 1. The third-order valence-corrected chi connectivity index (χ3v) is 4.18. The molecule has 3 nitrogen and oxygen atoms in total. The summed E-state index contributed by atoms with van der Waals surface area (Å²) in [5.41, 5.74) is 0.174. The summed E-state index contributed by atoms with van der Waals surface area (Å²) in [6.07, 6.45) is 2.21. The summed E-state index contributed by atoms with van der Waals surface area (Å²) in [5.74, 6) is -0.0269. The van der Waals surface area contributed by atoms with Crippen molar-refractivity contribution >= 4 is 21.8 Å². The highest BCUT2D eigenvalue weighted by molar-refractivity contribution is 9.09. The van der Waals surface area contributed by atoms with Crippen LogP contribution in [-0.4, -0.2) is 30.5 Å². The minimum atomic E-state index is -0.0269. The Morgan fingerprint density at radius 1 is 1.38 bits per heavy atom. The molecule has 0 bridgehead atoms. The van der Waals surface area contributed by atoms with Crippen molar-refractivity contribution in [2.24, 2.45) is 5.41 Å². The quantitative estimate of drug-likeness (QED) is 0.699. The van der Waals surface area contributed by atoms with E-state index in [0.29, 0.717) is 6.54 Å². The number of hydrogen-bond donors (Lipinski definition) is 1. The Morgan fingerprint density at radius 2 is 1.94 bits per heavy atom. The zero-order valence-corrected chi connectivity index (χ0v) is 12.4. The molecule has 96 valence electrons. The number of rotatable bonds is 8. The maximum absolute atomic E-state index is 11.5. The fourth-order valence-corrected chi connectivity index (χ4v) is 2.31. The number of carbonyl (C=O) groups is 1. The lowest BCUT2D eigenvalue weighted by Gasteiger charge is -2.29. The Balaban J connectivity index is 3.97. The van der Waals surface area contributed by atoms with Crippen molar-refractivity contribution in [1.29, 1.82) is 0 Å². The Hall–Kier alpha value is -0.0900. The van der Waals surface area contributed by atoms with Gasteiger partial charge < -0.3 is 10.1 Å². The molecule has 0 heterocycles. The maximum Gasteiger partial charge on any atom is 0.246 e. The van der Waals surface area contributed by atoms with Crippen LogP contribution >= 0.6 is 15.9 Å².